The van der Waals surface area contributed by atoms with Crippen molar-refractivity contribution in [2.45, 2.75) is 31.5 Å². The molecule has 0 spiro atoms. The van der Waals surface area contributed by atoms with Gasteiger partial charge in [-0.2, -0.15) is 0 Å². The Bertz CT molecular complexity index is 260. The quantitative estimate of drug-likeness (QED) is 0.759. The van der Waals surface area contributed by atoms with E-state index in [0.717, 1.165) is 19.4 Å². The molecule has 0 bridgehead atoms. The molecule has 2 heterocycles. The van der Waals surface area contributed by atoms with Gasteiger partial charge in [0.05, 0.1) is 11.9 Å². The summed E-state index contributed by atoms with van der Waals surface area (Å²) in [5.41, 5.74) is -0.460. The molecule has 0 aromatic carbocycles. The lowest BCUT2D eigenvalue weighted by molar-refractivity contribution is -0.0874. The smallest absolute Gasteiger partial charge is 0.140 e. The molecule has 1 fully saturated rings. The van der Waals surface area contributed by atoms with Crippen LogP contribution >= 0.6 is 0 Å². The number of rotatable bonds is 2. The summed E-state index contributed by atoms with van der Waals surface area (Å²) >= 11 is 0. The van der Waals surface area contributed by atoms with Gasteiger partial charge in [0.25, 0.3) is 0 Å². The Kier molecular flexibility index (Phi) is 2.14. The van der Waals surface area contributed by atoms with E-state index in [1.807, 2.05) is 6.92 Å². The topological polar surface area (TPSA) is 42.6 Å². The van der Waals surface area contributed by atoms with Crippen molar-refractivity contribution in [3.63, 3.8) is 0 Å². The highest BCUT2D eigenvalue weighted by Gasteiger charge is 2.39. The lowest BCUT2D eigenvalue weighted by Crippen LogP contribution is -2.31. The van der Waals surface area contributed by atoms with Gasteiger partial charge in [0.1, 0.15) is 11.9 Å². The molecule has 1 saturated heterocycles. The number of hydrogen-bond acceptors (Lipinski definition) is 3. The third kappa shape index (κ3) is 1.49. The van der Waals surface area contributed by atoms with Crippen LogP contribution in [-0.4, -0.2) is 17.3 Å². The van der Waals surface area contributed by atoms with Crippen molar-refractivity contribution in [1.82, 2.24) is 0 Å². The van der Waals surface area contributed by atoms with Crippen molar-refractivity contribution < 1.29 is 14.3 Å². The van der Waals surface area contributed by atoms with Crippen LogP contribution in [0.5, 0.6) is 0 Å². The maximum atomic E-state index is 9.95. The molecular weight excluding hydrogens is 168 g/mol. The van der Waals surface area contributed by atoms with Crippen molar-refractivity contribution in [3.05, 3.63) is 24.2 Å². The first-order chi connectivity index (χ1) is 6.22. The Hall–Kier alpha value is -0.800. The summed E-state index contributed by atoms with van der Waals surface area (Å²) in [5, 5.41) is 9.95. The standard InChI is InChI=1S/C10H14O3/c1-10(5-3-7-13-10)9(11)8-4-2-6-12-8/h2,4,6,9,11H,3,5,7H2,1H3. The minimum absolute atomic E-state index is 0.460. The van der Waals surface area contributed by atoms with Crippen molar-refractivity contribution in [2.24, 2.45) is 0 Å². The molecule has 2 rings (SSSR count). The molecule has 13 heavy (non-hydrogen) atoms. The predicted octanol–water partition coefficient (Wildman–Crippen LogP) is 1.88. The van der Waals surface area contributed by atoms with Crippen LogP contribution in [0, 0.1) is 0 Å². The second-order valence-electron chi connectivity index (χ2n) is 3.68. The first-order valence-corrected chi connectivity index (χ1v) is 4.58. The Morgan fingerprint density at radius 1 is 1.62 bits per heavy atom. The molecule has 3 heteroatoms. The molecule has 2 atom stereocenters. The van der Waals surface area contributed by atoms with Crippen LogP contribution in [-0.2, 0) is 4.74 Å². The monoisotopic (exact) mass is 182 g/mol. The zero-order chi connectivity index (χ0) is 9.31. The molecular formula is C10H14O3. The van der Waals surface area contributed by atoms with Gasteiger partial charge in [-0.05, 0) is 31.9 Å². The summed E-state index contributed by atoms with van der Waals surface area (Å²) in [7, 11) is 0. The van der Waals surface area contributed by atoms with Gasteiger partial charge in [0.2, 0.25) is 0 Å². The van der Waals surface area contributed by atoms with Gasteiger partial charge in [0.15, 0.2) is 0 Å². The maximum Gasteiger partial charge on any atom is 0.140 e. The summed E-state index contributed by atoms with van der Waals surface area (Å²) in [6.45, 7) is 2.65. The second-order valence-corrected chi connectivity index (χ2v) is 3.68. The summed E-state index contributed by atoms with van der Waals surface area (Å²) in [5.74, 6) is 0.587. The molecule has 3 nitrogen and oxygen atoms in total. The molecule has 0 amide bonds. The van der Waals surface area contributed by atoms with E-state index in [0.29, 0.717) is 5.76 Å². The zero-order valence-corrected chi connectivity index (χ0v) is 7.69. The van der Waals surface area contributed by atoms with Crippen LogP contribution in [0.2, 0.25) is 0 Å². The van der Waals surface area contributed by atoms with Gasteiger partial charge in [-0.25, -0.2) is 0 Å². The average Bonchev–Trinajstić information content (AvgIpc) is 2.73. The van der Waals surface area contributed by atoms with Crippen LogP contribution < -0.4 is 0 Å². The van der Waals surface area contributed by atoms with Gasteiger partial charge >= 0.3 is 0 Å². The van der Waals surface area contributed by atoms with E-state index in [1.54, 1.807) is 18.4 Å². The number of furan rings is 1. The van der Waals surface area contributed by atoms with E-state index < -0.39 is 11.7 Å². The van der Waals surface area contributed by atoms with Crippen LogP contribution in [0.4, 0.5) is 0 Å². The molecule has 0 aliphatic carbocycles. The van der Waals surface area contributed by atoms with E-state index >= 15 is 0 Å². The normalized spacial score (nSPS) is 30.6. The number of ether oxygens (including phenoxy) is 1. The molecule has 1 aliphatic rings. The van der Waals surface area contributed by atoms with E-state index in [9.17, 15) is 5.11 Å². The predicted molar refractivity (Wildman–Crippen MR) is 47.3 cm³/mol. The SMILES string of the molecule is CC1(C(O)c2ccco2)CCCO1. The minimum atomic E-state index is -0.648. The third-order valence-electron chi connectivity index (χ3n) is 2.64. The molecule has 1 N–H and O–H groups in total. The minimum Gasteiger partial charge on any atom is -0.466 e. The maximum absolute atomic E-state index is 9.95. The first kappa shape index (κ1) is 8.78. The van der Waals surface area contributed by atoms with E-state index in [1.165, 1.54) is 0 Å². The molecule has 72 valence electrons. The number of aliphatic hydroxyl groups is 1. The molecule has 0 saturated carbocycles. The molecule has 1 aromatic heterocycles. The van der Waals surface area contributed by atoms with Gasteiger partial charge in [0, 0.05) is 6.61 Å². The fourth-order valence-electron chi connectivity index (χ4n) is 1.76. The Morgan fingerprint density at radius 2 is 2.46 bits per heavy atom. The Morgan fingerprint density at radius 3 is 3.00 bits per heavy atom. The summed E-state index contributed by atoms with van der Waals surface area (Å²) < 4.78 is 10.7. The fraction of sp³-hybridized carbons (Fsp3) is 0.600. The van der Waals surface area contributed by atoms with E-state index in [2.05, 4.69) is 0 Å². The molecule has 1 aliphatic heterocycles. The lowest BCUT2D eigenvalue weighted by Gasteiger charge is -2.27. The molecule has 1 aromatic rings. The number of hydrogen-bond donors (Lipinski definition) is 1. The Balaban J connectivity index is 2.16. The first-order valence-electron chi connectivity index (χ1n) is 4.58. The van der Waals surface area contributed by atoms with Crippen LogP contribution in [0.1, 0.15) is 31.6 Å². The van der Waals surface area contributed by atoms with Crippen LogP contribution in [0.15, 0.2) is 22.8 Å². The summed E-state index contributed by atoms with van der Waals surface area (Å²) in [6, 6.07) is 3.55. The summed E-state index contributed by atoms with van der Waals surface area (Å²) in [6.07, 6.45) is 2.81. The van der Waals surface area contributed by atoms with Crippen molar-refractivity contribution >= 4 is 0 Å². The third-order valence-corrected chi connectivity index (χ3v) is 2.64. The van der Waals surface area contributed by atoms with E-state index in [4.69, 9.17) is 9.15 Å². The highest BCUT2D eigenvalue weighted by Crippen LogP contribution is 2.37. The van der Waals surface area contributed by atoms with Gasteiger partial charge in [-0.3, -0.25) is 0 Å². The highest BCUT2D eigenvalue weighted by molar-refractivity contribution is 5.08. The zero-order valence-electron chi connectivity index (χ0n) is 7.69. The lowest BCUT2D eigenvalue weighted by atomic mass is 9.94. The fourth-order valence-corrected chi connectivity index (χ4v) is 1.76. The van der Waals surface area contributed by atoms with E-state index in [-0.39, 0.29) is 0 Å². The number of aliphatic hydroxyl groups excluding tert-OH is 1. The molecule has 0 radical (unpaired) electrons. The van der Waals surface area contributed by atoms with Gasteiger partial charge in [-0.1, -0.05) is 0 Å². The van der Waals surface area contributed by atoms with Crippen LogP contribution in [0.3, 0.4) is 0 Å². The second kappa shape index (κ2) is 3.16. The van der Waals surface area contributed by atoms with Crippen LogP contribution in [0.25, 0.3) is 0 Å². The summed E-state index contributed by atoms with van der Waals surface area (Å²) in [4.78, 5) is 0. The van der Waals surface area contributed by atoms with Crippen molar-refractivity contribution in [3.8, 4) is 0 Å². The highest BCUT2D eigenvalue weighted by atomic mass is 16.5. The van der Waals surface area contributed by atoms with Crippen molar-refractivity contribution in [2.75, 3.05) is 6.61 Å². The van der Waals surface area contributed by atoms with Gasteiger partial charge in [-0.15, -0.1) is 0 Å². The van der Waals surface area contributed by atoms with Gasteiger partial charge < -0.3 is 14.3 Å². The Labute approximate surface area is 77.3 Å². The average molecular weight is 182 g/mol. The van der Waals surface area contributed by atoms with Crippen molar-refractivity contribution in [1.29, 1.82) is 0 Å². The molecule has 2 unspecified atom stereocenters. The largest absolute Gasteiger partial charge is 0.466 e.